The molecule has 8 heteroatoms. The smallest absolute Gasteiger partial charge is 0.320 e. The van der Waals surface area contributed by atoms with Gasteiger partial charge in [0, 0.05) is 25.7 Å². The van der Waals surface area contributed by atoms with Crippen LogP contribution in [0.5, 0.6) is 0 Å². The van der Waals surface area contributed by atoms with E-state index in [2.05, 4.69) is 41.5 Å². The van der Waals surface area contributed by atoms with Crippen molar-refractivity contribution in [1.29, 1.82) is 0 Å². The molecule has 6 nitrogen and oxygen atoms in total. The number of anilines is 1. The number of hydrogen-bond donors (Lipinski definition) is 0. The molecule has 0 amide bonds. The fourth-order valence-corrected chi connectivity index (χ4v) is 5.38. The van der Waals surface area contributed by atoms with E-state index >= 15 is 0 Å². The first-order valence-electron chi connectivity index (χ1n) is 9.22. The van der Waals surface area contributed by atoms with Crippen molar-refractivity contribution in [2.24, 2.45) is 5.92 Å². The van der Waals surface area contributed by atoms with Gasteiger partial charge in [-0.25, -0.2) is 9.29 Å². The number of likely N-dealkylation sites (N-methyl/N-ethyl adjacent to an activating group) is 1. The topological polar surface area (TPSA) is 50.6 Å². The van der Waals surface area contributed by atoms with Gasteiger partial charge in [-0.2, -0.15) is 11.8 Å². The summed E-state index contributed by atoms with van der Waals surface area (Å²) in [6, 6.07) is 6.41. The zero-order chi connectivity index (χ0) is 19.4. The summed E-state index contributed by atoms with van der Waals surface area (Å²) >= 11 is 3.54. The van der Waals surface area contributed by atoms with Gasteiger partial charge < -0.3 is 13.6 Å². The fraction of sp³-hybridized carbons (Fsp3) is 0.579. The average Bonchev–Trinajstić information content (AvgIpc) is 2.97. The lowest BCUT2D eigenvalue weighted by Crippen LogP contribution is -2.25. The maximum atomic E-state index is 11.4. The molecule has 0 spiro atoms. The Labute approximate surface area is 169 Å². The van der Waals surface area contributed by atoms with Gasteiger partial charge in [0.05, 0.1) is 23.8 Å². The molecule has 1 fully saturated rings. The van der Waals surface area contributed by atoms with Crippen LogP contribution in [0.4, 0.5) is 5.69 Å². The Morgan fingerprint density at radius 1 is 1.37 bits per heavy atom. The molecular formula is C19H28N4O2S2. The van der Waals surface area contributed by atoms with Crippen molar-refractivity contribution < 1.29 is 9.53 Å². The molecule has 27 heavy (non-hydrogen) atoms. The highest BCUT2D eigenvalue weighted by atomic mass is 32.2. The molecular weight excluding hydrogens is 380 g/mol. The molecule has 1 saturated heterocycles. The molecule has 2 heterocycles. The Bertz CT molecular complexity index is 789. The number of thioether (sulfide) groups is 1. The molecule has 0 saturated carbocycles. The van der Waals surface area contributed by atoms with Crippen LogP contribution in [0.1, 0.15) is 18.7 Å². The second-order valence-corrected chi connectivity index (χ2v) is 9.50. The van der Waals surface area contributed by atoms with Crippen molar-refractivity contribution in [2.45, 2.75) is 26.3 Å². The van der Waals surface area contributed by atoms with Crippen molar-refractivity contribution in [2.75, 3.05) is 43.6 Å². The van der Waals surface area contributed by atoms with E-state index in [1.54, 1.807) is 0 Å². The molecule has 1 aromatic carbocycles. The fourth-order valence-electron chi connectivity index (χ4n) is 3.38. The number of fused-ring (bicyclic) bond motifs is 1. The predicted molar refractivity (Wildman–Crippen MR) is 115 cm³/mol. The van der Waals surface area contributed by atoms with Gasteiger partial charge in [-0.15, -0.1) is 0 Å². The van der Waals surface area contributed by atoms with Gasteiger partial charge in [-0.3, -0.25) is 4.79 Å². The third kappa shape index (κ3) is 5.12. The molecule has 2 aromatic rings. The summed E-state index contributed by atoms with van der Waals surface area (Å²) in [4.78, 5) is 16.2. The summed E-state index contributed by atoms with van der Waals surface area (Å²) < 4.78 is 11.0. The first kappa shape index (κ1) is 20.4. The van der Waals surface area contributed by atoms with E-state index in [-0.39, 0.29) is 12.5 Å². The summed E-state index contributed by atoms with van der Waals surface area (Å²) in [5.74, 6) is 4.15. The number of rotatable bonds is 7. The summed E-state index contributed by atoms with van der Waals surface area (Å²) in [7, 11) is 5.27. The lowest BCUT2D eigenvalue weighted by atomic mass is 10.0. The van der Waals surface area contributed by atoms with Crippen LogP contribution >= 0.6 is 23.9 Å². The minimum atomic E-state index is -0.246. The number of esters is 1. The normalized spacial score (nSPS) is 15.4. The van der Waals surface area contributed by atoms with Crippen molar-refractivity contribution in [3.63, 3.8) is 0 Å². The van der Waals surface area contributed by atoms with Gasteiger partial charge in [0.25, 0.3) is 0 Å². The molecule has 1 aromatic heterocycles. The molecule has 1 aliphatic rings. The predicted octanol–water partition coefficient (Wildman–Crippen LogP) is 3.59. The highest BCUT2D eigenvalue weighted by Crippen LogP contribution is 2.29. The molecule has 0 atom stereocenters. The first-order chi connectivity index (χ1) is 13.0. The number of aromatic nitrogens is 2. The maximum absolute atomic E-state index is 11.4. The summed E-state index contributed by atoms with van der Waals surface area (Å²) in [6.45, 7) is 3.40. The lowest BCUT2D eigenvalue weighted by Gasteiger charge is -2.24. The monoisotopic (exact) mass is 408 g/mol. The summed E-state index contributed by atoms with van der Waals surface area (Å²) in [5.41, 5.74) is 3.29. The molecule has 1 aliphatic heterocycles. The SMILES string of the molecule is COC(=O)CN(C)SN(C)c1ccc2c(c1)nc(C)n2CC1CCSCC1. The van der Waals surface area contributed by atoms with Crippen molar-refractivity contribution in [1.82, 2.24) is 13.9 Å². The van der Waals surface area contributed by atoms with Crippen molar-refractivity contribution >= 4 is 46.6 Å². The van der Waals surface area contributed by atoms with E-state index in [0.717, 1.165) is 29.5 Å². The Balaban J connectivity index is 1.72. The Morgan fingerprint density at radius 3 is 2.81 bits per heavy atom. The molecule has 0 unspecified atom stereocenters. The number of benzene rings is 1. The van der Waals surface area contributed by atoms with Crippen LogP contribution in [-0.4, -0.2) is 59.1 Å². The maximum Gasteiger partial charge on any atom is 0.320 e. The number of carbonyl (C=O) groups is 1. The minimum Gasteiger partial charge on any atom is -0.468 e. The highest BCUT2D eigenvalue weighted by Gasteiger charge is 2.18. The third-order valence-electron chi connectivity index (χ3n) is 4.91. The van der Waals surface area contributed by atoms with Crippen molar-refractivity contribution in [3.8, 4) is 0 Å². The lowest BCUT2D eigenvalue weighted by molar-refractivity contribution is -0.140. The second kappa shape index (κ2) is 9.21. The van der Waals surface area contributed by atoms with Gasteiger partial charge in [0.15, 0.2) is 0 Å². The van der Waals surface area contributed by atoms with E-state index in [0.29, 0.717) is 0 Å². The van der Waals surface area contributed by atoms with Crippen LogP contribution in [0.3, 0.4) is 0 Å². The van der Waals surface area contributed by atoms with Crippen LogP contribution in [0.15, 0.2) is 18.2 Å². The van der Waals surface area contributed by atoms with Gasteiger partial charge in [-0.05, 0) is 62.4 Å². The second-order valence-electron chi connectivity index (χ2n) is 6.94. The summed E-state index contributed by atoms with van der Waals surface area (Å²) in [6.07, 6.45) is 2.60. The standard InChI is InChI=1S/C19H28N4O2S2/c1-14-20-17-11-16(22(3)27-21(2)13-19(24)25-4)5-6-18(17)23(14)12-15-7-9-26-10-8-15/h5-6,11,15H,7-10,12-13H2,1-4H3. The number of ether oxygens (including phenoxy) is 1. The van der Waals surface area contributed by atoms with E-state index in [1.807, 2.05) is 22.7 Å². The van der Waals surface area contributed by atoms with Crippen molar-refractivity contribution in [3.05, 3.63) is 24.0 Å². The highest BCUT2D eigenvalue weighted by molar-refractivity contribution is 7.99. The van der Waals surface area contributed by atoms with E-state index < -0.39 is 0 Å². The van der Waals surface area contributed by atoms with E-state index in [4.69, 9.17) is 9.72 Å². The first-order valence-corrected chi connectivity index (χ1v) is 11.1. The third-order valence-corrected chi connectivity index (χ3v) is 6.82. The minimum absolute atomic E-state index is 0.237. The van der Waals surface area contributed by atoms with Gasteiger partial charge in [0.1, 0.15) is 12.4 Å². The number of hydrogen-bond acceptors (Lipinski definition) is 7. The summed E-state index contributed by atoms with van der Waals surface area (Å²) in [5, 5.41) is 0. The van der Waals surface area contributed by atoms with Crippen LogP contribution in [0, 0.1) is 12.8 Å². The Hall–Kier alpha value is -1.38. The molecule has 0 bridgehead atoms. The zero-order valence-electron chi connectivity index (χ0n) is 16.5. The zero-order valence-corrected chi connectivity index (χ0v) is 18.1. The van der Waals surface area contributed by atoms with Crippen LogP contribution in [-0.2, 0) is 16.1 Å². The number of methoxy groups -OCH3 is 1. The number of nitrogens with zero attached hydrogens (tertiary/aromatic N) is 4. The molecule has 0 radical (unpaired) electrons. The molecule has 0 N–H and O–H groups in total. The number of imidazole rings is 1. The van der Waals surface area contributed by atoms with Crippen LogP contribution in [0.25, 0.3) is 11.0 Å². The van der Waals surface area contributed by atoms with Crippen LogP contribution in [0.2, 0.25) is 0 Å². The van der Waals surface area contributed by atoms with Gasteiger partial charge in [0.2, 0.25) is 0 Å². The number of carbonyl (C=O) groups excluding carboxylic acids is 1. The van der Waals surface area contributed by atoms with Gasteiger partial charge >= 0.3 is 5.97 Å². The molecule has 148 valence electrons. The van der Waals surface area contributed by atoms with E-state index in [1.165, 1.54) is 49.1 Å². The van der Waals surface area contributed by atoms with E-state index in [9.17, 15) is 4.79 Å². The number of aryl methyl sites for hydroxylation is 1. The average molecular weight is 409 g/mol. The Kier molecular flexibility index (Phi) is 6.94. The Morgan fingerprint density at radius 2 is 2.11 bits per heavy atom. The largest absolute Gasteiger partial charge is 0.468 e. The van der Waals surface area contributed by atoms with Gasteiger partial charge in [-0.1, -0.05) is 0 Å². The van der Waals surface area contributed by atoms with Crippen LogP contribution < -0.4 is 4.31 Å². The molecule has 0 aliphatic carbocycles. The molecule has 3 rings (SSSR count). The quantitative estimate of drug-likeness (QED) is 0.512.